The van der Waals surface area contributed by atoms with Crippen molar-refractivity contribution in [3.63, 3.8) is 0 Å². The lowest BCUT2D eigenvalue weighted by atomic mass is 10.3. The van der Waals surface area contributed by atoms with Crippen LogP contribution < -0.4 is 5.32 Å². The van der Waals surface area contributed by atoms with Crippen LogP contribution in [0.5, 0.6) is 0 Å². The number of hydrogen-bond acceptors (Lipinski definition) is 3. The standard InChI is InChI=1S/C9H13N3O2/c1-4-12-5-10-9(11-7(3)14)8(12)6(2)13/h5H,4H2,1-3H3,(H,11,14). The number of amides is 1. The maximum Gasteiger partial charge on any atom is 0.222 e. The van der Waals surface area contributed by atoms with Crippen LogP contribution in [0.25, 0.3) is 0 Å². The molecule has 0 spiro atoms. The number of imidazole rings is 1. The minimum Gasteiger partial charge on any atom is -0.327 e. The molecule has 5 heteroatoms. The first-order valence-corrected chi connectivity index (χ1v) is 4.40. The van der Waals surface area contributed by atoms with Gasteiger partial charge in [-0.15, -0.1) is 0 Å². The van der Waals surface area contributed by atoms with E-state index in [4.69, 9.17) is 0 Å². The van der Waals surface area contributed by atoms with E-state index >= 15 is 0 Å². The van der Waals surface area contributed by atoms with E-state index in [0.717, 1.165) is 0 Å². The normalized spacial score (nSPS) is 9.93. The molecule has 0 bridgehead atoms. The van der Waals surface area contributed by atoms with Gasteiger partial charge in [-0.2, -0.15) is 0 Å². The first-order valence-electron chi connectivity index (χ1n) is 4.40. The van der Waals surface area contributed by atoms with Crippen LogP contribution in [0.15, 0.2) is 6.33 Å². The van der Waals surface area contributed by atoms with Crippen molar-refractivity contribution in [2.24, 2.45) is 0 Å². The lowest BCUT2D eigenvalue weighted by molar-refractivity contribution is -0.114. The summed E-state index contributed by atoms with van der Waals surface area (Å²) in [6.07, 6.45) is 1.54. The monoisotopic (exact) mass is 195 g/mol. The van der Waals surface area contributed by atoms with Gasteiger partial charge in [0.25, 0.3) is 0 Å². The third-order valence-corrected chi connectivity index (χ3v) is 1.81. The summed E-state index contributed by atoms with van der Waals surface area (Å²) in [7, 11) is 0. The Labute approximate surface area is 82.1 Å². The third kappa shape index (κ3) is 1.99. The van der Waals surface area contributed by atoms with Crippen LogP contribution >= 0.6 is 0 Å². The molecular weight excluding hydrogens is 182 g/mol. The first kappa shape index (κ1) is 10.4. The van der Waals surface area contributed by atoms with Crippen LogP contribution in [-0.2, 0) is 11.3 Å². The van der Waals surface area contributed by atoms with Gasteiger partial charge < -0.3 is 9.88 Å². The molecule has 0 radical (unpaired) electrons. The van der Waals surface area contributed by atoms with Gasteiger partial charge in [0.15, 0.2) is 11.6 Å². The fourth-order valence-corrected chi connectivity index (χ4v) is 1.25. The van der Waals surface area contributed by atoms with Crippen LogP contribution in [0, 0.1) is 0 Å². The zero-order chi connectivity index (χ0) is 10.7. The fourth-order valence-electron chi connectivity index (χ4n) is 1.25. The number of carbonyl (C=O) groups excluding carboxylic acids is 2. The number of anilines is 1. The summed E-state index contributed by atoms with van der Waals surface area (Å²) in [5, 5.41) is 2.52. The van der Waals surface area contributed by atoms with E-state index in [-0.39, 0.29) is 11.7 Å². The Bertz CT molecular complexity index is 368. The van der Waals surface area contributed by atoms with E-state index in [1.165, 1.54) is 13.8 Å². The van der Waals surface area contributed by atoms with Crippen molar-refractivity contribution in [3.05, 3.63) is 12.0 Å². The highest BCUT2D eigenvalue weighted by Gasteiger charge is 2.14. The second-order valence-corrected chi connectivity index (χ2v) is 2.97. The molecule has 14 heavy (non-hydrogen) atoms. The van der Waals surface area contributed by atoms with Gasteiger partial charge in [0.05, 0.1) is 6.33 Å². The summed E-state index contributed by atoms with van der Waals surface area (Å²) in [5.41, 5.74) is 0.447. The van der Waals surface area contributed by atoms with Gasteiger partial charge in [0.2, 0.25) is 5.91 Å². The molecule has 0 fully saturated rings. The van der Waals surface area contributed by atoms with E-state index in [1.807, 2.05) is 6.92 Å². The molecule has 5 nitrogen and oxygen atoms in total. The van der Waals surface area contributed by atoms with Gasteiger partial charge in [-0.3, -0.25) is 9.59 Å². The lowest BCUT2D eigenvalue weighted by Gasteiger charge is -2.03. The summed E-state index contributed by atoms with van der Waals surface area (Å²) in [6.45, 7) is 5.40. The Morgan fingerprint density at radius 1 is 1.50 bits per heavy atom. The van der Waals surface area contributed by atoms with Crippen molar-refractivity contribution in [1.82, 2.24) is 9.55 Å². The molecule has 1 N–H and O–H groups in total. The van der Waals surface area contributed by atoms with Gasteiger partial charge >= 0.3 is 0 Å². The minimum atomic E-state index is -0.228. The molecule has 0 aromatic carbocycles. The van der Waals surface area contributed by atoms with E-state index < -0.39 is 0 Å². The number of rotatable bonds is 3. The van der Waals surface area contributed by atoms with E-state index in [9.17, 15) is 9.59 Å². The summed E-state index contributed by atoms with van der Waals surface area (Å²) in [6, 6.07) is 0. The molecule has 1 heterocycles. The zero-order valence-corrected chi connectivity index (χ0v) is 8.50. The van der Waals surface area contributed by atoms with Crippen molar-refractivity contribution in [2.45, 2.75) is 27.3 Å². The van der Waals surface area contributed by atoms with Crippen molar-refractivity contribution in [1.29, 1.82) is 0 Å². The molecule has 0 saturated heterocycles. The Kier molecular flexibility index (Phi) is 3.01. The van der Waals surface area contributed by atoms with Gasteiger partial charge in [0, 0.05) is 20.4 Å². The van der Waals surface area contributed by atoms with Crippen molar-refractivity contribution < 1.29 is 9.59 Å². The zero-order valence-electron chi connectivity index (χ0n) is 8.50. The number of carbonyl (C=O) groups is 2. The molecule has 0 aliphatic heterocycles. The fraction of sp³-hybridized carbons (Fsp3) is 0.444. The Morgan fingerprint density at radius 3 is 2.57 bits per heavy atom. The maximum atomic E-state index is 11.3. The summed E-state index contributed by atoms with van der Waals surface area (Å²) in [4.78, 5) is 26.0. The lowest BCUT2D eigenvalue weighted by Crippen LogP contribution is -2.12. The number of aromatic nitrogens is 2. The molecule has 1 amide bonds. The molecular formula is C9H13N3O2. The average Bonchev–Trinajstić information content (AvgIpc) is 2.46. The van der Waals surface area contributed by atoms with E-state index in [1.54, 1.807) is 10.9 Å². The quantitative estimate of drug-likeness (QED) is 0.733. The number of hydrogen-bond donors (Lipinski definition) is 1. The van der Waals surface area contributed by atoms with Crippen molar-refractivity contribution >= 4 is 17.5 Å². The van der Waals surface area contributed by atoms with Crippen LogP contribution in [0.3, 0.4) is 0 Å². The van der Waals surface area contributed by atoms with Crippen LogP contribution in [0.1, 0.15) is 31.3 Å². The van der Waals surface area contributed by atoms with E-state index in [0.29, 0.717) is 18.1 Å². The van der Waals surface area contributed by atoms with E-state index in [2.05, 4.69) is 10.3 Å². The molecule has 1 aromatic heterocycles. The number of nitrogens with one attached hydrogen (secondary N) is 1. The highest BCUT2D eigenvalue weighted by molar-refractivity contribution is 6.00. The molecule has 0 aliphatic carbocycles. The minimum absolute atomic E-state index is 0.104. The first-order chi connectivity index (χ1) is 6.56. The second kappa shape index (κ2) is 4.04. The van der Waals surface area contributed by atoms with Gasteiger partial charge in [-0.1, -0.05) is 0 Å². The molecule has 76 valence electrons. The number of nitrogens with zero attached hydrogens (tertiary/aromatic N) is 2. The molecule has 0 aliphatic rings. The second-order valence-electron chi connectivity index (χ2n) is 2.97. The topological polar surface area (TPSA) is 64.0 Å². The van der Waals surface area contributed by atoms with Crippen molar-refractivity contribution in [3.8, 4) is 0 Å². The maximum absolute atomic E-state index is 11.3. The summed E-state index contributed by atoms with van der Waals surface area (Å²) in [5.74, 6) is 0.00815. The third-order valence-electron chi connectivity index (χ3n) is 1.81. The predicted molar refractivity (Wildman–Crippen MR) is 52.2 cm³/mol. The summed E-state index contributed by atoms with van der Waals surface area (Å²) >= 11 is 0. The van der Waals surface area contributed by atoms with Crippen LogP contribution in [0.4, 0.5) is 5.82 Å². The van der Waals surface area contributed by atoms with Gasteiger partial charge in [0.1, 0.15) is 5.69 Å². The predicted octanol–water partition coefficient (Wildman–Crippen LogP) is 1.06. The molecule has 1 rings (SSSR count). The molecule has 0 atom stereocenters. The Morgan fingerprint density at radius 2 is 2.14 bits per heavy atom. The largest absolute Gasteiger partial charge is 0.327 e. The SMILES string of the molecule is CCn1cnc(NC(C)=O)c1C(C)=O. The average molecular weight is 195 g/mol. The van der Waals surface area contributed by atoms with Gasteiger partial charge in [-0.05, 0) is 6.92 Å². The number of Topliss-reactive ketones (excluding diaryl/α,β-unsaturated/α-hetero) is 1. The molecule has 0 unspecified atom stereocenters. The van der Waals surface area contributed by atoms with Crippen LogP contribution in [0.2, 0.25) is 0 Å². The molecule has 0 saturated carbocycles. The Balaban J connectivity index is 3.10. The number of aryl methyl sites for hydroxylation is 1. The number of ketones is 1. The molecule has 1 aromatic rings. The highest BCUT2D eigenvalue weighted by atomic mass is 16.1. The van der Waals surface area contributed by atoms with Gasteiger partial charge in [-0.25, -0.2) is 4.98 Å². The smallest absolute Gasteiger partial charge is 0.222 e. The highest BCUT2D eigenvalue weighted by Crippen LogP contribution is 2.13. The Hall–Kier alpha value is -1.65. The summed E-state index contributed by atoms with van der Waals surface area (Å²) < 4.78 is 1.70. The van der Waals surface area contributed by atoms with Crippen molar-refractivity contribution in [2.75, 3.05) is 5.32 Å². The van der Waals surface area contributed by atoms with Crippen LogP contribution in [-0.4, -0.2) is 21.2 Å².